The number of likely N-dealkylation sites (tertiary alicyclic amines) is 2. The Morgan fingerprint density at radius 1 is 1.23 bits per heavy atom. The van der Waals surface area contributed by atoms with Crippen molar-refractivity contribution in [3.63, 3.8) is 0 Å². The fraction of sp³-hybridized carbons (Fsp3) is 0.414. The predicted octanol–water partition coefficient (Wildman–Crippen LogP) is 3.76. The Morgan fingerprint density at radius 2 is 1.97 bits per heavy atom. The van der Waals surface area contributed by atoms with Crippen molar-refractivity contribution >= 4 is 11.8 Å². The van der Waals surface area contributed by atoms with Crippen LogP contribution < -0.4 is 4.74 Å². The number of hydrogen-bond donors (Lipinski definition) is 1. The minimum atomic E-state index is -0.957. The number of methoxy groups -OCH3 is 1. The molecule has 3 aromatic rings. The van der Waals surface area contributed by atoms with Gasteiger partial charge < -0.3 is 24.2 Å². The number of nitrogens with zero attached hydrogens (tertiary/aromatic N) is 4. The van der Waals surface area contributed by atoms with Crippen molar-refractivity contribution in [1.82, 2.24) is 19.4 Å². The highest BCUT2D eigenvalue weighted by atomic mass is 19.1. The largest absolute Gasteiger partial charge is 0.495 e. The number of carbonyl (C=O) groups is 2. The number of halogens is 2. The van der Waals surface area contributed by atoms with E-state index in [1.807, 2.05) is 35.9 Å². The van der Waals surface area contributed by atoms with E-state index in [-0.39, 0.29) is 29.8 Å². The second-order valence-corrected chi connectivity index (χ2v) is 10.5. The lowest BCUT2D eigenvalue weighted by Crippen LogP contribution is -2.54. The van der Waals surface area contributed by atoms with Gasteiger partial charge in [-0.05, 0) is 55.2 Å². The summed E-state index contributed by atoms with van der Waals surface area (Å²) >= 11 is 0. The average Bonchev–Trinajstić information content (AvgIpc) is 3.51. The number of rotatable bonds is 6. The van der Waals surface area contributed by atoms with Gasteiger partial charge in [0.1, 0.15) is 17.4 Å². The molecule has 10 heteroatoms. The van der Waals surface area contributed by atoms with Crippen LogP contribution in [-0.2, 0) is 9.59 Å². The van der Waals surface area contributed by atoms with Crippen LogP contribution in [0, 0.1) is 24.0 Å². The maximum absolute atomic E-state index is 14.3. The Morgan fingerprint density at radius 3 is 2.59 bits per heavy atom. The lowest BCUT2D eigenvalue weighted by Gasteiger charge is -2.45. The Bertz CT molecular complexity index is 1390. The van der Waals surface area contributed by atoms with Gasteiger partial charge in [-0.25, -0.2) is 13.8 Å². The second kappa shape index (κ2) is 10.4. The fourth-order valence-corrected chi connectivity index (χ4v) is 6.23. The van der Waals surface area contributed by atoms with Crippen molar-refractivity contribution in [3.8, 4) is 11.4 Å². The molecule has 2 amide bonds. The molecule has 2 aromatic carbocycles. The zero-order chi connectivity index (χ0) is 27.9. The highest BCUT2D eigenvalue weighted by molar-refractivity contribution is 5.87. The van der Waals surface area contributed by atoms with Gasteiger partial charge in [-0.15, -0.1) is 0 Å². The number of aryl methyl sites for hydroxylation is 1. The Hall–Kier alpha value is -3.79. The van der Waals surface area contributed by atoms with Crippen LogP contribution in [-0.4, -0.2) is 69.6 Å². The molecular weight excluding hydrogens is 506 g/mol. The van der Waals surface area contributed by atoms with Crippen LogP contribution >= 0.6 is 0 Å². The number of aromatic nitrogens is 2. The first-order chi connectivity index (χ1) is 18.7. The number of amides is 2. The second-order valence-electron chi connectivity index (χ2n) is 10.5. The molecule has 0 bridgehead atoms. The zero-order valence-electron chi connectivity index (χ0n) is 22.2. The average molecular weight is 539 g/mol. The van der Waals surface area contributed by atoms with E-state index in [2.05, 4.69) is 4.98 Å². The van der Waals surface area contributed by atoms with Crippen LogP contribution in [0.4, 0.5) is 8.78 Å². The molecule has 0 aliphatic carbocycles. The van der Waals surface area contributed by atoms with E-state index in [9.17, 15) is 23.5 Å². The fourth-order valence-electron chi connectivity index (χ4n) is 6.23. The summed E-state index contributed by atoms with van der Waals surface area (Å²) in [7, 11) is 1.58. The molecule has 1 N–H and O–H groups in total. The van der Waals surface area contributed by atoms with E-state index in [0.29, 0.717) is 31.7 Å². The first kappa shape index (κ1) is 26.8. The summed E-state index contributed by atoms with van der Waals surface area (Å²) in [6.45, 7) is 3.80. The number of aliphatic hydroxyl groups excluding tert-OH is 1. The third kappa shape index (κ3) is 4.78. The van der Waals surface area contributed by atoms with Gasteiger partial charge in [-0.2, -0.15) is 0 Å². The smallest absolute Gasteiger partial charge is 0.231 e. The van der Waals surface area contributed by atoms with E-state index in [1.165, 1.54) is 11.8 Å². The molecule has 0 radical (unpaired) electrons. The maximum Gasteiger partial charge on any atom is 0.231 e. The first-order valence-corrected chi connectivity index (χ1v) is 13.0. The summed E-state index contributed by atoms with van der Waals surface area (Å²) in [5.41, 5.74) is 1.74. The third-order valence-corrected chi connectivity index (χ3v) is 8.11. The van der Waals surface area contributed by atoms with Gasteiger partial charge in [0.05, 0.1) is 42.9 Å². The number of carbonyl (C=O) groups excluding carboxylic acids is 2. The van der Waals surface area contributed by atoms with E-state index >= 15 is 0 Å². The van der Waals surface area contributed by atoms with E-state index in [0.717, 1.165) is 35.1 Å². The molecule has 2 saturated heterocycles. The minimum absolute atomic E-state index is 0.134. The van der Waals surface area contributed by atoms with Gasteiger partial charge in [0.25, 0.3) is 0 Å². The van der Waals surface area contributed by atoms with Crippen molar-refractivity contribution in [2.45, 2.75) is 38.6 Å². The maximum atomic E-state index is 14.3. The normalized spacial score (nSPS) is 22.0. The molecule has 2 aliphatic heterocycles. The van der Waals surface area contributed by atoms with Crippen LogP contribution in [0.15, 0.2) is 48.9 Å². The van der Waals surface area contributed by atoms with Crippen molar-refractivity contribution < 1.29 is 28.2 Å². The van der Waals surface area contributed by atoms with Gasteiger partial charge in [-0.1, -0.05) is 6.07 Å². The molecule has 2 fully saturated rings. The van der Waals surface area contributed by atoms with Gasteiger partial charge in [0, 0.05) is 44.7 Å². The number of imidazole rings is 1. The summed E-state index contributed by atoms with van der Waals surface area (Å²) < 4.78 is 35.7. The molecule has 2 aliphatic rings. The standard InChI is InChI=1S/C29H32F2N4O4/c1-18-13-34(17-32-18)25-6-5-20(11-27(25)39-3)24-14-33(19(2)37)16-29(24)7-4-8-35(28(29)38)26(15-36)21-9-22(30)12-23(31)10-21/h5-6,9-13,17,24,26,36H,4,7-8,14-16H2,1-3H3/t24?,26-,29?/m0/s1. The lowest BCUT2D eigenvalue weighted by molar-refractivity contribution is -0.151. The topological polar surface area (TPSA) is 87.9 Å². The van der Waals surface area contributed by atoms with Gasteiger partial charge in [0.2, 0.25) is 11.8 Å². The molecule has 3 heterocycles. The molecular formula is C29H32F2N4O4. The van der Waals surface area contributed by atoms with Crippen molar-refractivity contribution in [2.24, 2.45) is 5.41 Å². The first-order valence-electron chi connectivity index (χ1n) is 13.0. The number of piperidine rings is 1. The minimum Gasteiger partial charge on any atom is -0.495 e. The molecule has 1 aromatic heterocycles. The van der Waals surface area contributed by atoms with Crippen molar-refractivity contribution in [3.05, 3.63) is 77.4 Å². The molecule has 1 spiro atoms. The van der Waals surface area contributed by atoms with Gasteiger partial charge in [0.15, 0.2) is 0 Å². The van der Waals surface area contributed by atoms with Crippen molar-refractivity contribution in [1.29, 1.82) is 0 Å². The van der Waals surface area contributed by atoms with E-state index in [1.54, 1.807) is 18.3 Å². The summed E-state index contributed by atoms with van der Waals surface area (Å²) in [6.07, 6.45) is 4.75. The lowest BCUT2D eigenvalue weighted by atomic mass is 9.68. The monoisotopic (exact) mass is 538 g/mol. The van der Waals surface area contributed by atoms with Crippen LogP contribution in [0.3, 0.4) is 0 Å². The predicted molar refractivity (Wildman–Crippen MR) is 139 cm³/mol. The third-order valence-electron chi connectivity index (χ3n) is 8.11. The number of ether oxygens (including phenoxy) is 1. The summed E-state index contributed by atoms with van der Waals surface area (Å²) in [5.74, 6) is -1.66. The Labute approximate surface area is 225 Å². The van der Waals surface area contributed by atoms with Crippen LogP contribution in [0.5, 0.6) is 5.75 Å². The van der Waals surface area contributed by atoms with Crippen LogP contribution in [0.1, 0.15) is 48.5 Å². The number of hydrogen-bond acceptors (Lipinski definition) is 5. The summed E-state index contributed by atoms with van der Waals surface area (Å²) in [4.78, 5) is 34.4. The van der Waals surface area contributed by atoms with E-state index in [4.69, 9.17) is 4.74 Å². The number of aliphatic hydroxyl groups is 1. The molecule has 206 valence electrons. The summed E-state index contributed by atoms with van der Waals surface area (Å²) in [5, 5.41) is 10.3. The molecule has 5 rings (SSSR count). The zero-order valence-corrected chi connectivity index (χ0v) is 22.2. The van der Waals surface area contributed by atoms with Gasteiger partial charge in [-0.3, -0.25) is 9.59 Å². The molecule has 3 atom stereocenters. The van der Waals surface area contributed by atoms with Crippen LogP contribution in [0.2, 0.25) is 0 Å². The quantitative estimate of drug-likeness (QED) is 0.517. The summed E-state index contributed by atoms with van der Waals surface area (Å²) in [6, 6.07) is 7.91. The van der Waals surface area contributed by atoms with E-state index < -0.39 is 29.7 Å². The highest BCUT2D eigenvalue weighted by Gasteiger charge is 2.56. The van der Waals surface area contributed by atoms with Crippen LogP contribution in [0.25, 0.3) is 5.69 Å². The van der Waals surface area contributed by atoms with Gasteiger partial charge >= 0.3 is 0 Å². The molecule has 8 nitrogen and oxygen atoms in total. The molecule has 0 saturated carbocycles. The number of benzene rings is 2. The Balaban J connectivity index is 1.55. The molecule has 2 unspecified atom stereocenters. The Kier molecular flexibility index (Phi) is 7.15. The molecule has 39 heavy (non-hydrogen) atoms. The van der Waals surface area contributed by atoms with Crippen molar-refractivity contribution in [2.75, 3.05) is 33.4 Å². The highest BCUT2D eigenvalue weighted by Crippen LogP contribution is 2.51. The SMILES string of the molecule is COc1cc(C2CN(C(C)=O)CC23CCCN([C@@H](CO)c2cc(F)cc(F)c2)C3=O)ccc1-n1cnc(C)c1.